The molecule has 21 heavy (non-hydrogen) atoms. The molecule has 0 bridgehead atoms. The van der Waals surface area contributed by atoms with Gasteiger partial charge < -0.3 is 4.90 Å². The Balaban J connectivity index is 1.83. The fourth-order valence-electron chi connectivity index (χ4n) is 2.53. The fourth-order valence-corrected chi connectivity index (χ4v) is 2.53. The molecule has 0 N–H and O–H groups in total. The number of hydrogen-bond acceptors (Lipinski definition) is 1. The van der Waals surface area contributed by atoms with Crippen LogP contribution in [0.15, 0.2) is 48.5 Å². The highest BCUT2D eigenvalue weighted by atomic mass is 19.1. The summed E-state index contributed by atoms with van der Waals surface area (Å²) in [7, 11) is 0. The smallest absolute Gasteiger partial charge is 0.254 e. The van der Waals surface area contributed by atoms with E-state index in [0.29, 0.717) is 18.2 Å². The summed E-state index contributed by atoms with van der Waals surface area (Å²) >= 11 is 0. The molecule has 0 atom stereocenters. The minimum Gasteiger partial charge on any atom is -0.331 e. The molecule has 1 aliphatic rings. The number of carbonyl (C=O) groups excluding carboxylic acids is 1. The van der Waals surface area contributed by atoms with E-state index in [-0.39, 0.29) is 11.7 Å². The molecule has 108 valence electrons. The van der Waals surface area contributed by atoms with Crippen LogP contribution in [0.3, 0.4) is 0 Å². The van der Waals surface area contributed by atoms with Crippen LogP contribution in [0.4, 0.5) is 4.39 Å². The minimum absolute atomic E-state index is 0.0328. The first kappa shape index (κ1) is 13.8. The number of hydrogen-bond donors (Lipinski definition) is 0. The van der Waals surface area contributed by atoms with Gasteiger partial charge in [-0.05, 0) is 49.6 Å². The highest BCUT2D eigenvalue weighted by Gasteiger charge is 2.33. The summed E-state index contributed by atoms with van der Waals surface area (Å²) in [4.78, 5) is 14.6. The van der Waals surface area contributed by atoms with Gasteiger partial charge in [0.1, 0.15) is 5.82 Å². The summed E-state index contributed by atoms with van der Waals surface area (Å²) in [5, 5.41) is 0. The van der Waals surface area contributed by atoms with Gasteiger partial charge in [0.2, 0.25) is 0 Å². The van der Waals surface area contributed by atoms with Crippen molar-refractivity contribution < 1.29 is 9.18 Å². The number of halogens is 1. The van der Waals surface area contributed by atoms with Crippen LogP contribution in [0.1, 0.15) is 34.3 Å². The zero-order valence-corrected chi connectivity index (χ0v) is 12.1. The van der Waals surface area contributed by atoms with Crippen molar-refractivity contribution in [1.82, 2.24) is 4.90 Å². The monoisotopic (exact) mass is 283 g/mol. The lowest BCUT2D eigenvalue weighted by Gasteiger charge is -2.23. The Kier molecular flexibility index (Phi) is 3.74. The van der Waals surface area contributed by atoms with Gasteiger partial charge >= 0.3 is 0 Å². The second-order valence-electron chi connectivity index (χ2n) is 5.66. The summed E-state index contributed by atoms with van der Waals surface area (Å²) in [6.07, 6.45) is 2.07. The molecule has 2 aromatic carbocycles. The lowest BCUT2D eigenvalue weighted by atomic mass is 10.1. The predicted molar refractivity (Wildman–Crippen MR) is 80.5 cm³/mol. The Hall–Kier alpha value is -2.16. The second kappa shape index (κ2) is 5.68. The lowest BCUT2D eigenvalue weighted by Crippen LogP contribution is -2.32. The third-order valence-corrected chi connectivity index (χ3v) is 3.76. The van der Waals surface area contributed by atoms with Gasteiger partial charge in [-0.15, -0.1) is 0 Å². The van der Waals surface area contributed by atoms with Gasteiger partial charge in [-0.25, -0.2) is 4.39 Å². The Bertz CT molecular complexity index is 664. The molecule has 0 spiro atoms. The molecule has 0 radical (unpaired) electrons. The first-order chi connectivity index (χ1) is 10.1. The molecule has 0 heterocycles. The molecule has 1 fully saturated rings. The van der Waals surface area contributed by atoms with Gasteiger partial charge in [0.25, 0.3) is 5.91 Å². The van der Waals surface area contributed by atoms with E-state index < -0.39 is 0 Å². The van der Waals surface area contributed by atoms with E-state index in [0.717, 1.165) is 24.0 Å². The SMILES string of the molecule is Cc1cccc(C(=O)N(Cc2cccc(F)c2)C2CC2)c1. The standard InChI is InChI=1S/C18H18FNO/c1-13-4-2-6-15(10-13)18(21)20(17-8-9-17)12-14-5-3-7-16(19)11-14/h2-7,10-11,17H,8-9,12H2,1H3. The Morgan fingerprint density at radius 3 is 2.62 bits per heavy atom. The Morgan fingerprint density at radius 1 is 1.19 bits per heavy atom. The average Bonchev–Trinajstić information content (AvgIpc) is 3.29. The molecule has 0 unspecified atom stereocenters. The maximum absolute atomic E-state index is 13.3. The molecular weight excluding hydrogens is 265 g/mol. The van der Waals surface area contributed by atoms with Gasteiger partial charge in [0, 0.05) is 18.2 Å². The van der Waals surface area contributed by atoms with Crippen LogP contribution >= 0.6 is 0 Å². The molecule has 1 saturated carbocycles. The maximum Gasteiger partial charge on any atom is 0.254 e. The molecule has 1 aliphatic carbocycles. The molecule has 3 rings (SSSR count). The average molecular weight is 283 g/mol. The summed E-state index contributed by atoms with van der Waals surface area (Å²) in [6.45, 7) is 2.44. The van der Waals surface area contributed by atoms with Crippen molar-refractivity contribution >= 4 is 5.91 Å². The van der Waals surface area contributed by atoms with Crippen molar-refractivity contribution in [3.8, 4) is 0 Å². The van der Waals surface area contributed by atoms with Crippen LogP contribution in [0.25, 0.3) is 0 Å². The topological polar surface area (TPSA) is 20.3 Å². The molecule has 0 aliphatic heterocycles. The van der Waals surface area contributed by atoms with E-state index >= 15 is 0 Å². The number of nitrogens with zero attached hydrogens (tertiary/aromatic N) is 1. The van der Waals surface area contributed by atoms with Crippen LogP contribution < -0.4 is 0 Å². The van der Waals surface area contributed by atoms with E-state index in [1.165, 1.54) is 12.1 Å². The molecule has 2 nitrogen and oxygen atoms in total. The van der Waals surface area contributed by atoms with Crippen molar-refractivity contribution in [2.45, 2.75) is 32.4 Å². The van der Waals surface area contributed by atoms with Crippen LogP contribution in [0.2, 0.25) is 0 Å². The number of carbonyl (C=O) groups is 1. The largest absolute Gasteiger partial charge is 0.331 e. The van der Waals surface area contributed by atoms with Crippen molar-refractivity contribution in [2.24, 2.45) is 0 Å². The normalized spacial score (nSPS) is 14.0. The zero-order chi connectivity index (χ0) is 14.8. The summed E-state index contributed by atoms with van der Waals surface area (Å²) in [5.41, 5.74) is 2.61. The molecule has 0 saturated heterocycles. The molecule has 0 aromatic heterocycles. The Labute approximate surface area is 124 Å². The van der Waals surface area contributed by atoms with Gasteiger partial charge in [0.15, 0.2) is 0 Å². The highest BCUT2D eigenvalue weighted by Crippen LogP contribution is 2.30. The fraction of sp³-hybridized carbons (Fsp3) is 0.278. The van der Waals surface area contributed by atoms with Crippen molar-refractivity contribution in [1.29, 1.82) is 0 Å². The molecule has 2 aromatic rings. The van der Waals surface area contributed by atoms with Crippen molar-refractivity contribution in [3.05, 3.63) is 71.0 Å². The predicted octanol–water partition coefficient (Wildman–Crippen LogP) is 3.94. The maximum atomic E-state index is 13.3. The summed E-state index contributed by atoms with van der Waals surface area (Å²) in [5.74, 6) is -0.225. The van der Waals surface area contributed by atoms with E-state index in [4.69, 9.17) is 0 Å². The highest BCUT2D eigenvalue weighted by molar-refractivity contribution is 5.94. The third kappa shape index (κ3) is 3.30. The zero-order valence-electron chi connectivity index (χ0n) is 12.1. The van der Waals surface area contributed by atoms with Gasteiger partial charge in [-0.1, -0.05) is 29.8 Å². The van der Waals surface area contributed by atoms with Crippen LogP contribution in [-0.2, 0) is 6.54 Å². The van der Waals surface area contributed by atoms with Gasteiger partial charge in [-0.3, -0.25) is 4.79 Å². The number of aryl methyl sites for hydroxylation is 1. The third-order valence-electron chi connectivity index (χ3n) is 3.76. The molecule has 3 heteroatoms. The first-order valence-corrected chi connectivity index (χ1v) is 7.25. The van der Waals surface area contributed by atoms with E-state index in [1.54, 1.807) is 6.07 Å². The number of rotatable bonds is 4. The van der Waals surface area contributed by atoms with E-state index in [9.17, 15) is 9.18 Å². The molecular formula is C18H18FNO. The first-order valence-electron chi connectivity index (χ1n) is 7.25. The van der Waals surface area contributed by atoms with Crippen LogP contribution in [0.5, 0.6) is 0 Å². The lowest BCUT2D eigenvalue weighted by molar-refractivity contribution is 0.0729. The number of amides is 1. The second-order valence-corrected chi connectivity index (χ2v) is 5.66. The summed E-state index contributed by atoms with van der Waals surface area (Å²) < 4.78 is 13.3. The van der Waals surface area contributed by atoms with E-state index in [1.807, 2.05) is 42.2 Å². The van der Waals surface area contributed by atoms with Crippen molar-refractivity contribution in [3.63, 3.8) is 0 Å². The number of benzene rings is 2. The minimum atomic E-state index is -0.258. The van der Waals surface area contributed by atoms with E-state index in [2.05, 4.69) is 0 Å². The molecule has 1 amide bonds. The van der Waals surface area contributed by atoms with Gasteiger partial charge in [-0.2, -0.15) is 0 Å². The van der Waals surface area contributed by atoms with Crippen molar-refractivity contribution in [2.75, 3.05) is 0 Å². The van der Waals surface area contributed by atoms with Crippen LogP contribution in [0, 0.1) is 12.7 Å². The summed E-state index contributed by atoms with van der Waals surface area (Å²) in [6, 6.07) is 14.4. The quantitative estimate of drug-likeness (QED) is 0.832. The Morgan fingerprint density at radius 2 is 1.95 bits per heavy atom. The van der Waals surface area contributed by atoms with Gasteiger partial charge in [0.05, 0.1) is 0 Å². The van der Waals surface area contributed by atoms with Crippen LogP contribution in [-0.4, -0.2) is 16.8 Å².